The summed E-state index contributed by atoms with van der Waals surface area (Å²) in [6, 6.07) is 72.3. The summed E-state index contributed by atoms with van der Waals surface area (Å²) in [7, 11) is 0. The van der Waals surface area contributed by atoms with Gasteiger partial charge in [0.1, 0.15) is 0 Å². The van der Waals surface area contributed by atoms with Crippen molar-refractivity contribution in [2.75, 3.05) is 0 Å². The van der Waals surface area contributed by atoms with E-state index < -0.39 is 0 Å². The van der Waals surface area contributed by atoms with E-state index in [1.54, 1.807) is 0 Å². The minimum Gasteiger partial charge on any atom is -0.309 e. The van der Waals surface area contributed by atoms with Crippen LogP contribution in [0.15, 0.2) is 206 Å². The molecule has 0 bridgehead atoms. The number of nitrogens with zero attached hydrogens (tertiary/aromatic N) is 4. The predicted molar refractivity (Wildman–Crippen MR) is 227 cm³/mol. The van der Waals surface area contributed by atoms with Crippen molar-refractivity contribution >= 4 is 21.8 Å². The fraction of sp³-hybridized carbons (Fsp3) is 0. The first kappa shape index (κ1) is 32.2. The predicted octanol–water partition coefficient (Wildman–Crippen LogP) is 13.0. The van der Waals surface area contributed by atoms with Crippen LogP contribution in [0.4, 0.5) is 0 Å². The fourth-order valence-electron chi connectivity index (χ4n) is 7.55. The quantitative estimate of drug-likeness (QED) is 0.166. The molecule has 0 atom stereocenters. The number of benzene rings is 8. The maximum Gasteiger partial charge on any atom is 0.164 e. The fourth-order valence-corrected chi connectivity index (χ4v) is 7.55. The van der Waals surface area contributed by atoms with Gasteiger partial charge in [-0.25, -0.2) is 15.0 Å². The number of hydrogen-bond donors (Lipinski definition) is 0. The molecule has 4 heteroatoms. The molecule has 2 aromatic heterocycles. The monoisotopic (exact) mass is 702 g/mol. The number of para-hydroxylation sites is 1. The van der Waals surface area contributed by atoms with Gasteiger partial charge in [-0.1, -0.05) is 182 Å². The van der Waals surface area contributed by atoms with Crippen LogP contribution < -0.4 is 0 Å². The Morgan fingerprint density at radius 3 is 1.33 bits per heavy atom. The van der Waals surface area contributed by atoms with Crippen molar-refractivity contribution in [1.29, 1.82) is 0 Å². The number of aromatic nitrogens is 4. The summed E-state index contributed by atoms with van der Waals surface area (Å²) in [5, 5.41) is 2.40. The van der Waals surface area contributed by atoms with E-state index in [9.17, 15) is 0 Å². The zero-order valence-corrected chi connectivity index (χ0v) is 29.9. The number of hydrogen-bond acceptors (Lipinski definition) is 3. The van der Waals surface area contributed by atoms with Gasteiger partial charge in [0.2, 0.25) is 0 Å². The standard InChI is InChI=1S/C51H34N4/c1-5-15-35(16-6-1)37-25-27-40(28-26-37)50-52-49(39-21-11-4-12-22-39)53-51(54-50)42-29-31-43(38-19-9-3-10-20-38)48(34-42)55-46-24-14-13-23-44(46)45-33-41(30-32-47(45)55)36-17-7-2-8-18-36/h1-34H. The van der Waals surface area contributed by atoms with Gasteiger partial charge in [0.05, 0.1) is 16.7 Å². The van der Waals surface area contributed by atoms with Crippen LogP contribution in [0, 0.1) is 0 Å². The van der Waals surface area contributed by atoms with E-state index in [0.717, 1.165) is 50.1 Å². The van der Waals surface area contributed by atoms with Gasteiger partial charge in [-0.15, -0.1) is 0 Å². The van der Waals surface area contributed by atoms with Gasteiger partial charge in [-0.3, -0.25) is 0 Å². The molecule has 0 unspecified atom stereocenters. The van der Waals surface area contributed by atoms with E-state index >= 15 is 0 Å². The molecule has 0 N–H and O–H groups in total. The van der Waals surface area contributed by atoms with E-state index in [2.05, 4.69) is 174 Å². The summed E-state index contributed by atoms with van der Waals surface area (Å²) >= 11 is 0. The van der Waals surface area contributed by atoms with Crippen LogP contribution in [0.25, 0.3) is 95.0 Å². The van der Waals surface area contributed by atoms with E-state index in [-0.39, 0.29) is 0 Å². The third kappa shape index (κ3) is 6.06. The number of fused-ring (bicyclic) bond motifs is 3. The van der Waals surface area contributed by atoms with E-state index in [0.29, 0.717) is 17.5 Å². The Morgan fingerprint density at radius 2 is 0.691 bits per heavy atom. The Morgan fingerprint density at radius 1 is 0.273 bits per heavy atom. The second-order valence-electron chi connectivity index (χ2n) is 13.7. The normalized spacial score (nSPS) is 11.3. The molecule has 8 aromatic carbocycles. The highest BCUT2D eigenvalue weighted by Gasteiger charge is 2.19. The van der Waals surface area contributed by atoms with Gasteiger partial charge in [-0.2, -0.15) is 0 Å². The highest BCUT2D eigenvalue weighted by molar-refractivity contribution is 6.11. The molecule has 0 aliphatic heterocycles. The zero-order valence-electron chi connectivity index (χ0n) is 29.9. The Hall–Kier alpha value is -7.43. The first-order valence-corrected chi connectivity index (χ1v) is 18.5. The molecule has 10 rings (SSSR count). The van der Waals surface area contributed by atoms with Crippen molar-refractivity contribution < 1.29 is 0 Å². The van der Waals surface area contributed by atoms with Gasteiger partial charge < -0.3 is 4.57 Å². The molecule has 55 heavy (non-hydrogen) atoms. The molecule has 0 saturated carbocycles. The summed E-state index contributed by atoms with van der Waals surface area (Å²) in [6.07, 6.45) is 0. The van der Waals surface area contributed by atoms with Crippen LogP contribution in [-0.4, -0.2) is 19.5 Å². The second kappa shape index (κ2) is 13.8. The highest BCUT2D eigenvalue weighted by atomic mass is 15.0. The Balaban J connectivity index is 1.18. The summed E-state index contributed by atoms with van der Waals surface area (Å²) in [6.45, 7) is 0. The van der Waals surface area contributed by atoms with Gasteiger partial charge in [0.25, 0.3) is 0 Å². The summed E-state index contributed by atoms with van der Waals surface area (Å²) < 4.78 is 2.40. The summed E-state index contributed by atoms with van der Waals surface area (Å²) in [5.41, 5.74) is 13.0. The average Bonchev–Trinajstić information content (AvgIpc) is 3.61. The molecule has 0 saturated heterocycles. The third-order valence-corrected chi connectivity index (χ3v) is 10.3. The maximum atomic E-state index is 5.17. The Bertz CT molecular complexity index is 2940. The maximum absolute atomic E-state index is 5.17. The minimum atomic E-state index is 0.615. The van der Waals surface area contributed by atoms with Crippen molar-refractivity contribution in [2.45, 2.75) is 0 Å². The van der Waals surface area contributed by atoms with Crippen molar-refractivity contribution in [3.8, 4) is 73.2 Å². The molecule has 258 valence electrons. The molecule has 0 fully saturated rings. The highest BCUT2D eigenvalue weighted by Crippen LogP contribution is 2.39. The lowest BCUT2D eigenvalue weighted by Crippen LogP contribution is -2.02. The van der Waals surface area contributed by atoms with Crippen LogP contribution in [0.1, 0.15) is 0 Å². The Labute approximate surface area is 319 Å². The van der Waals surface area contributed by atoms with Crippen molar-refractivity contribution in [2.24, 2.45) is 0 Å². The molecule has 0 spiro atoms. The molecule has 4 nitrogen and oxygen atoms in total. The van der Waals surface area contributed by atoms with Crippen molar-refractivity contribution in [1.82, 2.24) is 19.5 Å². The molecule has 0 radical (unpaired) electrons. The van der Waals surface area contributed by atoms with Crippen molar-refractivity contribution in [3.05, 3.63) is 206 Å². The van der Waals surface area contributed by atoms with Gasteiger partial charge >= 0.3 is 0 Å². The first-order valence-electron chi connectivity index (χ1n) is 18.5. The van der Waals surface area contributed by atoms with Crippen molar-refractivity contribution in [3.63, 3.8) is 0 Å². The first-order chi connectivity index (χ1) is 27.3. The molecular weight excluding hydrogens is 669 g/mol. The molecular formula is C51H34N4. The molecule has 0 amide bonds. The summed E-state index contributed by atoms with van der Waals surface area (Å²) in [4.78, 5) is 15.3. The van der Waals surface area contributed by atoms with Gasteiger partial charge in [0, 0.05) is 33.0 Å². The van der Waals surface area contributed by atoms with E-state index in [1.165, 1.54) is 27.5 Å². The minimum absolute atomic E-state index is 0.615. The van der Waals surface area contributed by atoms with Crippen LogP contribution in [0.5, 0.6) is 0 Å². The number of rotatable bonds is 7. The largest absolute Gasteiger partial charge is 0.309 e. The molecule has 2 heterocycles. The molecule has 0 aliphatic rings. The van der Waals surface area contributed by atoms with Gasteiger partial charge in [-0.05, 0) is 52.1 Å². The SMILES string of the molecule is c1ccc(-c2ccc(-c3nc(-c4ccccc4)nc(-c4ccc(-c5ccccc5)c(-n5c6ccccc6c6cc(-c7ccccc7)ccc65)c4)n3)cc2)cc1. The topological polar surface area (TPSA) is 43.6 Å². The zero-order chi connectivity index (χ0) is 36.6. The third-order valence-electron chi connectivity index (χ3n) is 10.3. The van der Waals surface area contributed by atoms with E-state index in [1.807, 2.05) is 36.4 Å². The lowest BCUT2D eigenvalue weighted by atomic mass is 10.00. The van der Waals surface area contributed by atoms with E-state index in [4.69, 9.17) is 15.0 Å². The average molecular weight is 703 g/mol. The smallest absolute Gasteiger partial charge is 0.164 e. The van der Waals surface area contributed by atoms with Crippen LogP contribution >= 0.6 is 0 Å². The van der Waals surface area contributed by atoms with Crippen LogP contribution in [-0.2, 0) is 0 Å². The van der Waals surface area contributed by atoms with Crippen LogP contribution in [0.3, 0.4) is 0 Å². The lowest BCUT2D eigenvalue weighted by molar-refractivity contribution is 1.07. The molecule has 0 aliphatic carbocycles. The summed E-state index contributed by atoms with van der Waals surface area (Å²) in [5.74, 6) is 1.87. The van der Waals surface area contributed by atoms with Gasteiger partial charge in [0.15, 0.2) is 17.5 Å². The Kier molecular flexibility index (Phi) is 8.12. The lowest BCUT2D eigenvalue weighted by Gasteiger charge is -2.16. The van der Waals surface area contributed by atoms with Crippen LogP contribution in [0.2, 0.25) is 0 Å². The molecule has 10 aromatic rings. The second-order valence-corrected chi connectivity index (χ2v) is 13.7.